The van der Waals surface area contributed by atoms with Gasteiger partial charge in [0.1, 0.15) is 11.5 Å². The lowest BCUT2D eigenvalue weighted by Crippen LogP contribution is -2.16. The molecule has 0 aliphatic rings. The summed E-state index contributed by atoms with van der Waals surface area (Å²) in [6, 6.07) is 10.4. The first-order valence-corrected chi connectivity index (χ1v) is 5.93. The molecular weight excluding hydrogens is 285 g/mol. The lowest BCUT2D eigenvalue weighted by molar-refractivity contribution is -0.274. The van der Waals surface area contributed by atoms with Crippen molar-refractivity contribution in [1.29, 1.82) is 0 Å². The fourth-order valence-corrected chi connectivity index (χ4v) is 1.72. The largest absolute Gasteiger partial charge is 0.573 e. The topological polar surface area (TPSA) is 56.5 Å². The summed E-state index contributed by atoms with van der Waals surface area (Å²) in [6.45, 7) is 0. The van der Waals surface area contributed by atoms with E-state index in [4.69, 9.17) is 10.5 Å². The molecule has 0 unspecified atom stereocenters. The third kappa shape index (κ3) is 4.48. The van der Waals surface area contributed by atoms with Crippen LogP contribution in [0.25, 0.3) is 0 Å². The quantitative estimate of drug-likeness (QED) is 0.840. The van der Waals surface area contributed by atoms with Crippen molar-refractivity contribution >= 4 is 17.1 Å². The number of alkyl halides is 3. The lowest BCUT2D eigenvalue weighted by atomic mass is 10.2. The van der Waals surface area contributed by atoms with Crippen LogP contribution in [0.5, 0.6) is 11.5 Å². The Balaban J connectivity index is 2.11. The van der Waals surface area contributed by atoms with Crippen molar-refractivity contribution in [3.05, 3.63) is 42.5 Å². The number of hydrogen-bond acceptors (Lipinski definition) is 4. The van der Waals surface area contributed by atoms with Crippen molar-refractivity contribution < 1.29 is 22.6 Å². The van der Waals surface area contributed by atoms with Gasteiger partial charge in [0, 0.05) is 29.2 Å². The lowest BCUT2D eigenvalue weighted by Gasteiger charge is -2.11. The number of halogens is 3. The van der Waals surface area contributed by atoms with E-state index in [0.29, 0.717) is 22.8 Å². The van der Waals surface area contributed by atoms with Gasteiger partial charge < -0.3 is 20.5 Å². The van der Waals surface area contributed by atoms with E-state index in [2.05, 4.69) is 10.1 Å². The summed E-state index contributed by atoms with van der Waals surface area (Å²) >= 11 is 0. The van der Waals surface area contributed by atoms with Crippen LogP contribution < -0.4 is 20.5 Å². The maximum absolute atomic E-state index is 12.1. The van der Waals surface area contributed by atoms with Gasteiger partial charge in [0.05, 0.1) is 7.11 Å². The highest BCUT2D eigenvalue weighted by Gasteiger charge is 2.30. The van der Waals surface area contributed by atoms with Crippen molar-refractivity contribution in [2.45, 2.75) is 6.36 Å². The standard InChI is InChI=1S/C14H13F3N2O2/c1-20-13-7-9(18)6-11(8-13)19-10-2-4-12(5-3-10)21-14(15,16)17/h2-8,19H,18H2,1H3. The highest BCUT2D eigenvalue weighted by Crippen LogP contribution is 2.27. The van der Waals surface area contributed by atoms with E-state index in [0.717, 1.165) is 0 Å². The van der Waals surface area contributed by atoms with Crippen LogP contribution in [-0.4, -0.2) is 13.5 Å². The Hall–Kier alpha value is -2.57. The normalized spacial score (nSPS) is 11.0. The third-order valence-corrected chi connectivity index (χ3v) is 2.54. The summed E-state index contributed by atoms with van der Waals surface area (Å²) in [4.78, 5) is 0. The number of rotatable bonds is 4. The number of nitrogens with one attached hydrogen (secondary N) is 1. The number of anilines is 3. The van der Waals surface area contributed by atoms with Gasteiger partial charge in [-0.05, 0) is 30.3 Å². The number of ether oxygens (including phenoxy) is 2. The first-order valence-electron chi connectivity index (χ1n) is 5.93. The first-order chi connectivity index (χ1) is 9.85. The summed E-state index contributed by atoms with van der Waals surface area (Å²) < 4.78 is 45.0. The van der Waals surface area contributed by atoms with E-state index >= 15 is 0 Å². The molecule has 2 aromatic carbocycles. The average molecular weight is 298 g/mol. The Kier molecular flexibility index (Phi) is 4.11. The zero-order chi connectivity index (χ0) is 15.5. The molecule has 0 amide bonds. The average Bonchev–Trinajstić information content (AvgIpc) is 2.38. The molecule has 4 nitrogen and oxygen atoms in total. The first kappa shape index (κ1) is 14.8. The summed E-state index contributed by atoms with van der Waals surface area (Å²) in [5.41, 5.74) is 7.48. The summed E-state index contributed by atoms with van der Waals surface area (Å²) in [5.74, 6) is 0.299. The zero-order valence-electron chi connectivity index (χ0n) is 11.1. The molecule has 0 radical (unpaired) electrons. The van der Waals surface area contributed by atoms with Crippen LogP contribution in [0.1, 0.15) is 0 Å². The third-order valence-electron chi connectivity index (χ3n) is 2.54. The second-order valence-corrected chi connectivity index (χ2v) is 4.19. The molecule has 0 saturated heterocycles. The minimum atomic E-state index is -4.70. The number of hydrogen-bond donors (Lipinski definition) is 2. The molecule has 3 N–H and O–H groups in total. The molecule has 112 valence electrons. The van der Waals surface area contributed by atoms with Gasteiger partial charge in [-0.15, -0.1) is 13.2 Å². The molecule has 0 saturated carbocycles. The molecular formula is C14H13F3N2O2. The fraction of sp³-hybridized carbons (Fsp3) is 0.143. The molecule has 0 fully saturated rings. The molecule has 0 heterocycles. The highest BCUT2D eigenvalue weighted by atomic mass is 19.4. The van der Waals surface area contributed by atoms with Gasteiger partial charge in [0.15, 0.2) is 0 Å². The Morgan fingerprint density at radius 1 is 0.952 bits per heavy atom. The van der Waals surface area contributed by atoms with Crippen LogP contribution in [-0.2, 0) is 0 Å². The van der Waals surface area contributed by atoms with Crippen LogP contribution in [0.4, 0.5) is 30.2 Å². The molecule has 2 rings (SSSR count). The zero-order valence-corrected chi connectivity index (χ0v) is 11.1. The van der Waals surface area contributed by atoms with E-state index < -0.39 is 6.36 Å². The van der Waals surface area contributed by atoms with Crippen LogP contribution >= 0.6 is 0 Å². The molecule has 0 bridgehead atoms. The van der Waals surface area contributed by atoms with Crippen molar-refractivity contribution in [2.75, 3.05) is 18.2 Å². The van der Waals surface area contributed by atoms with Gasteiger partial charge in [-0.3, -0.25) is 0 Å². The fourth-order valence-electron chi connectivity index (χ4n) is 1.72. The summed E-state index contributed by atoms with van der Waals surface area (Å²) in [6.07, 6.45) is -4.70. The minimum Gasteiger partial charge on any atom is -0.497 e. The summed E-state index contributed by atoms with van der Waals surface area (Å²) in [5, 5.41) is 3.01. The number of benzene rings is 2. The predicted molar refractivity (Wildman–Crippen MR) is 73.8 cm³/mol. The highest BCUT2D eigenvalue weighted by molar-refractivity contribution is 5.66. The molecule has 0 aliphatic heterocycles. The van der Waals surface area contributed by atoms with Gasteiger partial charge >= 0.3 is 6.36 Å². The molecule has 2 aromatic rings. The van der Waals surface area contributed by atoms with E-state index in [9.17, 15) is 13.2 Å². The van der Waals surface area contributed by atoms with Crippen LogP contribution in [0.3, 0.4) is 0 Å². The van der Waals surface area contributed by atoms with Gasteiger partial charge in [-0.2, -0.15) is 0 Å². The SMILES string of the molecule is COc1cc(N)cc(Nc2ccc(OC(F)(F)F)cc2)c1. The summed E-state index contributed by atoms with van der Waals surface area (Å²) in [7, 11) is 1.52. The Morgan fingerprint density at radius 3 is 2.19 bits per heavy atom. The van der Waals surface area contributed by atoms with Gasteiger partial charge in [-0.1, -0.05) is 0 Å². The molecule has 21 heavy (non-hydrogen) atoms. The maximum atomic E-state index is 12.1. The van der Waals surface area contributed by atoms with Gasteiger partial charge in [0.25, 0.3) is 0 Å². The second kappa shape index (κ2) is 5.82. The van der Waals surface area contributed by atoms with Crippen molar-refractivity contribution in [3.63, 3.8) is 0 Å². The molecule has 0 atom stereocenters. The Labute approximate surface area is 119 Å². The van der Waals surface area contributed by atoms with Crippen LogP contribution in [0.2, 0.25) is 0 Å². The molecule has 0 spiro atoms. The van der Waals surface area contributed by atoms with Crippen LogP contribution in [0, 0.1) is 0 Å². The van der Waals surface area contributed by atoms with Crippen molar-refractivity contribution in [1.82, 2.24) is 0 Å². The predicted octanol–water partition coefficient (Wildman–Crippen LogP) is 3.92. The van der Waals surface area contributed by atoms with Crippen molar-refractivity contribution in [2.24, 2.45) is 0 Å². The number of nitrogens with two attached hydrogens (primary N) is 1. The Morgan fingerprint density at radius 2 is 1.62 bits per heavy atom. The number of nitrogen functional groups attached to an aromatic ring is 1. The monoisotopic (exact) mass is 298 g/mol. The van der Waals surface area contributed by atoms with Gasteiger partial charge in [-0.25, -0.2) is 0 Å². The maximum Gasteiger partial charge on any atom is 0.573 e. The molecule has 7 heteroatoms. The molecule has 0 aliphatic carbocycles. The van der Waals surface area contributed by atoms with E-state index in [1.165, 1.54) is 31.4 Å². The smallest absolute Gasteiger partial charge is 0.497 e. The number of methoxy groups -OCH3 is 1. The van der Waals surface area contributed by atoms with Crippen molar-refractivity contribution in [3.8, 4) is 11.5 Å². The minimum absolute atomic E-state index is 0.279. The van der Waals surface area contributed by atoms with E-state index in [-0.39, 0.29) is 5.75 Å². The Bertz CT molecular complexity index is 613. The van der Waals surface area contributed by atoms with Gasteiger partial charge in [0.2, 0.25) is 0 Å². The molecule has 0 aromatic heterocycles. The van der Waals surface area contributed by atoms with E-state index in [1.54, 1.807) is 18.2 Å². The van der Waals surface area contributed by atoms with E-state index in [1.807, 2.05) is 0 Å². The van der Waals surface area contributed by atoms with Crippen LogP contribution in [0.15, 0.2) is 42.5 Å². The second-order valence-electron chi connectivity index (χ2n) is 4.19.